The summed E-state index contributed by atoms with van der Waals surface area (Å²) in [5.74, 6) is 2.58. The molecule has 3 aliphatic carbocycles. The zero-order chi connectivity index (χ0) is 18.9. The van der Waals surface area contributed by atoms with Crippen LogP contribution in [-0.2, 0) is 4.74 Å². The molecule has 2 N–H and O–H groups in total. The van der Waals surface area contributed by atoms with Crippen LogP contribution in [0.1, 0.15) is 82.3 Å². The molecule has 26 heavy (non-hydrogen) atoms. The van der Waals surface area contributed by atoms with Gasteiger partial charge in [-0.15, -0.1) is 0 Å². The smallest absolute Gasteiger partial charge is 0.115 e. The lowest BCUT2D eigenvalue weighted by Gasteiger charge is -2.51. The van der Waals surface area contributed by atoms with Crippen LogP contribution in [-0.4, -0.2) is 30.0 Å². The van der Waals surface area contributed by atoms with Gasteiger partial charge in [-0.2, -0.15) is 0 Å². The van der Waals surface area contributed by atoms with Crippen molar-refractivity contribution in [2.75, 3.05) is 13.7 Å². The van der Waals surface area contributed by atoms with Gasteiger partial charge in [0, 0.05) is 13.0 Å². The quantitative estimate of drug-likeness (QED) is 0.761. The molecule has 0 radical (unpaired) electrons. The van der Waals surface area contributed by atoms with E-state index in [1.165, 1.54) is 17.5 Å². The Bertz CT molecular complexity index is 613. The largest absolute Gasteiger partial charge is 0.508 e. The number of phenolic OH excluding ortho intramolecular Hbond substituents is 1. The first kappa shape index (κ1) is 19.7. The Morgan fingerprint density at radius 3 is 2.58 bits per heavy atom. The van der Waals surface area contributed by atoms with Crippen LogP contribution >= 0.6 is 0 Å². The fraction of sp³-hybridized carbons (Fsp3) is 0.739. The molecule has 0 bridgehead atoms. The molecule has 3 aliphatic rings. The Labute approximate surface area is 158 Å². The minimum absolute atomic E-state index is 0.104. The molecule has 2 saturated carbocycles. The number of rotatable bonds is 2. The number of aromatic hydroxyl groups is 1. The molecule has 6 unspecified atom stereocenters. The number of hydrogen-bond acceptors (Lipinski definition) is 3. The maximum absolute atomic E-state index is 10.5. The molecule has 0 spiro atoms. The lowest BCUT2D eigenvalue weighted by atomic mass is 9.54. The Morgan fingerprint density at radius 2 is 1.88 bits per heavy atom. The van der Waals surface area contributed by atoms with Crippen LogP contribution in [0.15, 0.2) is 18.2 Å². The number of fused-ring (bicyclic) bond motifs is 5. The summed E-state index contributed by atoms with van der Waals surface area (Å²) in [7, 11) is 1.76. The van der Waals surface area contributed by atoms with Gasteiger partial charge >= 0.3 is 0 Å². The highest BCUT2D eigenvalue weighted by Gasteiger charge is 2.55. The molecular formula is C23H36O3. The van der Waals surface area contributed by atoms with E-state index in [2.05, 4.69) is 26.8 Å². The number of hydrogen-bond donors (Lipinski definition) is 2. The molecule has 3 nitrogen and oxygen atoms in total. The summed E-state index contributed by atoms with van der Waals surface area (Å²) >= 11 is 0. The number of aliphatic hydroxyl groups is 1. The molecule has 0 amide bonds. The van der Waals surface area contributed by atoms with Crippen molar-refractivity contribution in [2.45, 2.75) is 77.2 Å². The predicted molar refractivity (Wildman–Crippen MR) is 106 cm³/mol. The van der Waals surface area contributed by atoms with E-state index in [1.807, 2.05) is 12.1 Å². The molecule has 6 atom stereocenters. The van der Waals surface area contributed by atoms with Crippen molar-refractivity contribution in [1.82, 2.24) is 0 Å². The molecule has 1 aromatic carbocycles. The first-order chi connectivity index (χ1) is 12.5. The molecular weight excluding hydrogens is 324 g/mol. The highest BCUT2D eigenvalue weighted by atomic mass is 16.5. The van der Waals surface area contributed by atoms with Crippen molar-refractivity contribution in [3.8, 4) is 5.75 Å². The van der Waals surface area contributed by atoms with Crippen LogP contribution in [0.5, 0.6) is 5.75 Å². The van der Waals surface area contributed by atoms with Crippen LogP contribution in [0.25, 0.3) is 0 Å². The normalized spacial score (nSPS) is 37.8. The Hall–Kier alpha value is -1.06. The topological polar surface area (TPSA) is 49.7 Å². The fourth-order valence-corrected chi connectivity index (χ4v) is 6.04. The second kappa shape index (κ2) is 7.90. The van der Waals surface area contributed by atoms with Crippen LogP contribution in [0, 0.1) is 17.3 Å². The minimum atomic E-state index is -0.129. The van der Waals surface area contributed by atoms with Gasteiger partial charge in [-0.3, -0.25) is 0 Å². The van der Waals surface area contributed by atoms with Crippen molar-refractivity contribution in [1.29, 1.82) is 0 Å². The second-order valence-electron chi connectivity index (χ2n) is 8.92. The highest BCUT2D eigenvalue weighted by molar-refractivity contribution is 5.42. The van der Waals surface area contributed by atoms with E-state index in [1.54, 1.807) is 7.11 Å². The van der Waals surface area contributed by atoms with Gasteiger partial charge in [0.1, 0.15) is 5.75 Å². The van der Waals surface area contributed by atoms with E-state index in [9.17, 15) is 10.2 Å². The average Bonchev–Trinajstić information content (AvgIpc) is 2.91. The second-order valence-corrected chi connectivity index (χ2v) is 8.92. The molecule has 0 aromatic heterocycles. The monoisotopic (exact) mass is 360 g/mol. The Kier molecular flexibility index (Phi) is 5.98. The van der Waals surface area contributed by atoms with Gasteiger partial charge in [0.25, 0.3) is 0 Å². The number of methoxy groups -OCH3 is 1. The number of phenols is 1. The van der Waals surface area contributed by atoms with E-state index in [4.69, 9.17) is 4.74 Å². The summed E-state index contributed by atoms with van der Waals surface area (Å²) in [6.07, 6.45) is 6.65. The van der Waals surface area contributed by atoms with Gasteiger partial charge in [0.05, 0.1) is 12.7 Å². The van der Waals surface area contributed by atoms with Crippen molar-refractivity contribution in [2.24, 2.45) is 17.3 Å². The van der Waals surface area contributed by atoms with E-state index in [0.29, 0.717) is 36.0 Å². The van der Waals surface area contributed by atoms with Crippen molar-refractivity contribution in [3.05, 3.63) is 29.3 Å². The van der Waals surface area contributed by atoms with Crippen LogP contribution in [0.2, 0.25) is 0 Å². The molecule has 0 heterocycles. The van der Waals surface area contributed by atoms with Crippen molar-refractivity contribution in [3.63, 3.8) is 0 Å². The number of ether oxygens (including phenoxy) is 1. The summed E-state index contributed by atoms with van der Waals surface area (Å²) in [4.78, 5) is 0. The molecule has 0 aliphatic heterocycles. The van der Waals surface area contributed by atoms with Crippen LogP contribution < -0.4 is 0 Å². The van der Waals surface area contributed by atoms with Crippen LogP contribution in [0.4, 0.5) is 0 Å². The third kappa shape index (κ3) is 3.29. The van der Waals surface area contributed by atoms with Gasteiger partial charge < -0.3 is 14.9 Å². The predicted octanol–water partition coefficient (Wildman–Crippen LogP) is 5.21. The summed E-state index contributed by atoms with van der Waals surface area (Å²) in [6.45, 7) is 7.27. The Balaban J connectivity index is 0.000000613. The molecule has 0 saturated heterocycles. The van der Waals surface area contributed by atoms with Gasteiger partial charge in [-0.05, 0) is 78.5 Å². The molecule has 1 aromatic rings. The SMILES string of the molecule is CCC.COCC1CC2C(CCC3(C)C(O)CCC23)c2ccc(O)cc21. The summed E-state index contributed by atoms with van der Waals surface area (Å²) < 4.78 is 5.48. The molecule has 4 rings (SSSR count). The van der Waals surface area contributed by atoms with Gasteiger partial charge in [0.2, 0.25) is 0 Å². The van der Waals surface area contributed by atoms with E-state index < -0.39 is 0 Å². The highest BCUT2D eigenvalue weighted by Crippen LogP contribution is 2.62. The lowest BCUT2D eigenvalue weighted by Crippen LogP contribution is -2.44. The Morgan fingerprint density at radius 1 is 1.15 bits per heavy atom. The molecule has 3 heteroatoms. The fourth-order valence-electron chi connectivity index (χ4n) is 6.04. The molecule has 2 fully saturated rings. The van der Waals surface area contributed by atoms with Gasteiger partial charge in [-0.25, -0.2) is 0 Å². The lowest BCUT2D eigenvalue weighted by molar-refractivity contribution is -0.0273. The summed E-state index contributed by atoms with van der Waals surface area (Å²) in [5.41, 5.74) is 2.81. The van der Waals surface area contributed by atoms with Gasteiger partial charge in [-0.1, -0.05) is 33.3 Å². The molecule has 146 valence electrons. The van der Waals surface area contributed by atoms with E-state index in [0.717, 1.165) is 32.1 Å². The minimum Gasteiger partial charge on any atom is -0.508 e. The zero-order valence-electron chi connectivity index (χ0n) is 16.9. The maximum Gasteiger partial charge on any atom is 0.115 e. The third-order valence-electron chi connectivity index (χ3n) is 7.22. The summed E-state index contributed by atoms with van der Waals surface area (Å²) in [5, 5.41) is 20.4. The van der Waals surface area contributed by atoms with Crippen molar-refractivity contribution < 1.29 is 14.9 Å². The number of benzene rings is 1. The summed E-state index contributed by atoms with van der Waals surface area (Å²) in [6, 6.07) is 5.92. The van der Waals surface area contributed by atoms with Crippen LogP contribution in [0.3, 0.4) is 0 Å². The van der Waals surface area contributed by atoms with E-state index in [-0.39, 0.29) is 11.5 Å². The average molecular weight is 361 g/mol. The zero-order valence-corrected chi connectivity index (χ0v) is 16.9. The van der Waals surface area contributed by atoms with Crippen molar-refractivity contribution >= 4 is 0 Å². The van der Waals surface area contributed by atoms with E-state index >= 15 is 0 Å². The standard InChI is InChI=1S/C20H28O3.C3H8/c1-20-8-7-15-14-4-3-13(21)10-16(14)12(11-23-2)9-17(15)18(20)5-6-19(20)22;1-3-2/h3-4,10,12,15,17-19,21-22H,5-9,11H2,1-2H3;3H2,1-2H3. The first-order valence-electron chi connectivity index (χ1n) is 10.5. The third-order valence-corrected chi connectivity index (χ3v) is 7.22. The maximum atomic E-state index is 10.5. The van der Waals surface area contributed by atoms with Gasteiger partial charge in [0.15, 0.2) is 0 Å². The number of aliphatic hydroxyl groups excluding tert-OH is 1. The first-order valence-corrected chi connectivity index (χ1v) is 10.5.